The van der Waals surface area contributed by atoms with Crippen molar-refractivity contribution in [2.75, 3.05) is 13.1 Å². The van der Waals surface area contributed by atoms with Gasteiger partial charge in [-0.1, -0.05) is 42.8 Å². The maximum absolute atomic E-state index is 12.2. The molecule has 1 atom stereocenters. The van der Waals surface area contributed by atoms with Crippen molar-refractivity contribution in [2.45, 2.75) is 31.8 Å². The summed E-state index contributed by atoms with van der Waals surface area (Å²) >= 11 is 0. The fourth-order valence-electron chi connectivity index (χ4n) is 4.24. The van der Waals surface area contributed by atoms with Crippen LogP contribution in [-0.2, 0) is 11.3 Å². The molecule has 2 aromatic carbocycles. The van der Waals surface area contributed by atoms with Gasteiger partial charge in [0.15, 0.2) is 0 Å². The molecule has 3 aromatic rings. The van der Waals surface area contributed by atoms with Crippen LogP contribution in [0.2, 0.25) is 0 Å². The number of aromatic nitrogens is 1. The maximum Gasteiger partial charge on any atom is 0.335 e. The zero-order chi connectivity index (χ0) is 20.4. The summed E-state index contributed by atoms with van der Waals surface area (Å²) in [4.78, 5) is 25.8. The number of carbonyl (C=O) groups is 2. The van der Waals surface area contributed by atoms with Gasteiger partial charge in [-0.2, -0.15) is 0 Å². The lowest BCUT2D eigenvalue weighted by molar-refractivity contribution is -0.144. The Kier molecular flexibility index (Phi) is 5.36. The van der Waals surface area contributed by atoms with E-state index in [0.717, 1.165) is 54.4 Å². The number of carboxylic acid groups (broad SMARTS) is 2. The molecule has 150 valence electrons. The normalized spacial score (nSPS) is 16.0. The summed E-state index contributed by atoms with van der Waals surface area (Å²) in [6.07, 6.45) is 5.00. The van der Waals surface area contributed by atoms with Gasteiger partial charge in [0, 0.05) is 29.2 Å². The third-order valence-electron chi connectivity index (χ3n) is 5.64. The highest BCUT2D eigenvalue weighted by molar-refractivity contribution is 5.96. The first-order chi connectivity index (χ1) is 14.0. The number of hydrogen-bond acceptors (Lipinski definition) is 3. The van der Waals surface area contributed by atoms with Gasteiger partial charge in [0.1, 0.15) is 6.04 Å². The number of piperidine rings is 1. The number of nitrogens with zero attached hydrogens (tertiary/aromatic N) is 2. The smallest absolute Gasteiger partial charge is 0.335 e. The van der Waals surface area contributed by atoms with Crippen LogP contribution in [0.15, 0.2) is 54.7 Å². The lowest BCUT2D eigenvalue weighted by atomic mass is 10.0. The molecule has 1 unspecified atom stereocenters. The van der Waals surface area contributed by atoms with Gasteiger partial charge in [-0.05, 0) is 43.6 Å². The molecular formula is C23H24N2O4. The van der Waals surface area contributed by atoms with Crippen LogP contribution in [0, 0.1) is 0 Å². The van der Waals surface area contributed by atoms with Crippen molar-refractivity contribution in [1.29, 1.82) is 0 Å². The summed E-state index contributed by atoms with van der Waals surface area (Å²) in [6, 6.07) is 14.1. The number of benzene rings is 2. The molecule has 2 heterocycles. The highest BCUT2D eigenvalue weighted by Gasteiger charge is 2.31. The highest BCUT2D eigenvalue weighted by atomic mass is 16.4. The number of hydrogen-bond donors (Lipinski definition) is 2. The predicted octanol–water partition coefficient (Wildman–Crippen LogP) is 4.00. The molecule has 0 radical (unpaired) electrons. The maximum atomic E-state index is 12.2. The monoisotopic (exact) mass is 392 g/mol. The van der Waals surface area contributed by atoms with Gasteiger partial charge in [-0.3, -0.25) is 9.69 Å². The van der Waals surface area contributed by atoms with Crippen molar-refractivity contribution in [1.82, 2.24) is 9.47 Å². The minimum Gasteiger partial charge on any atom is -0.480 e. The molecule has 1 saturated heterocycles. The average Bonchev–Trinajstić information content (AvgIpc) is 3.07. The summed E-state index contributed by atoms with van der Waals surface area (Å²) in [5.41, 5.74) is 2.73. The van der Waals surface area contributed by atoms with E-state index in [4.69, 9.17) is 0 Å². The van der Waals surface area contributed by atoms with E-state index in [2.05, 4.69) is 0 Å². The molecule has 1 aliphatic rings. The first kappa shape index (κ1) is 19.2. The van der Waals surface area contributed by atoms with Gasteiger partial charge in [0.2, 0.25) is 0 Å². The number of fused-ring (bicyclic) bond motifs is 1. The van der Waals surface area contributed by atoms with Crippen molar-refractivity contribution in [3.8, 4) is 0 Å². The third-order valence-corrected chi connectivity index (χ3v) is 5.64. The Hall–Kier alpha value is -3.12. The fraction of sp³-hybridized carbons (Fsp3) is 0.304. The number of aromatic carboxylic acids is 1. The van der Waals surface area contributed by atoms with Crippen LogP contribution in [0.5, 0.6) is 0 Å². The van der Waals surface area contributed by atoms with E-state index in [-0.39, 0.29) is 5.56 Å². The van der Waals surface area contributed by atoms with Crippen molar-refractivity contribution >= 4 is 22.8 Å². The van der Waals surface area contributed by atoms with Gasteiger partial charge < -0.3 is 14.8 Å². The minimum absolute atomic E-state index is 0.196. The van der Waals surface area contributed by atoms with Crippen LogP contribution in [0.3, 0.4) is 0 Å². The van der Waals surface area contributed by atoms with Crippen LogP contribution in [0.4, 0.5) is 0 Å². The van der Waals surface area contributed by atoms with E-state index in [1.807, 2.05) is 46.0 Å². The van der Waals surface area contributed by atoms with Crippen molar-refractivity contribution < 1.29 is 19.8 Å². The molecule has 0 saturated carbocycles. The van der Waals surface area contributed by atoms with E-state index in [1.54, 1.807) is 18.2 Å². The van der Waals surface area contributed by atoms with Gasteiger partial charge in [-0.15, -0.1) is 0 Å². The number of aliphatic carboxylic acids is 1. The second-order valence-electron chi connectivity index (χ2n) is 7.57. The highest BCUT2D eigenvalue weighted by Crippen LogP contribution is 2.33. The van der Waals surface area contributed by atoms with Gasteiger partial charge in [0.25, 0.3) is 0 Å². The van der Waals surface area contributed by atoms with Gasteiger partial charge in [-0.25, -0.2) is 4.79 Å². The lowest BCUT2D eigenvalue weighted by Crippen LogP contribution is -2.37. The molecule has 0 aliphatic carbocycles. The van der Waals surface area contributed by atoms with Gasteiger partial charge >= 0.3 is 11.9 Å². The topological polar surface area (TPSA) is 82.8 Å². The summed E-state index contributed by atoms with van der Waals surface area (Å²) in [7, 11) is 0. The zero-order valence-corrected chi connectivity index (χ0v) is 16.1. The molecule has 6 nitrogen and oxygen atoms in total. The molecule has 1 aromatic heterocycles. The van der Waals surface area contributed by atoms with E-state index in [0.29, 0.717) is 6.54 Å². The molecule has 0 amide bonds. The van der Waals surface area contributed by atoms with Crippen molar-refractivity contribution in [3.05, 3.63) is 71.4 Å². The SMILES string of the molecule is O=C(O)c1ccc2c(C(C(=O)O)N3CCCCC3)cn(Cc3ccccc3)c2c1. The quantitative estimate of drug-likeness (QED) is 0.663. The van der Waals surface area contributed by atoms with E-state index < -0.39 is 18.0 Å². The van der Waals surface area contributed by atoms with Crippen LogP contribution in [0.1, 0.15) is 46.8 Å². The molecule has 6 heteroatoms. The van der Waals surface area contributed by atoms with E-state index in [9.17, 15) is 19.8 Å². The number of likely N-dealkylation sites (tertiary alicyclic amines) is 1. The van der Waals surface area contributed by atoms with Crippen LogP contribution in [0.25, 0.3) is 10.9 Å². The zero-order valence-electron chi connectivity index (χ0n) is 16.1. The first-order valence-corrected chi connectivity index (χ1v) is 9.91. The molecule has 29 heavy (non-hydrogen) atoms. The number of rotatable bonds is 6. The summed E-state index contributed by atoms with van der Waals surface area (Å²) < 4.78 is 1.96. The van der Waals surface area contributed by atoms with E-state index in [1.165, 1.54) is 0 Å². The molecule has 1 fully saturated rings. The van der Waals surface area contributed by atoms with Crippen LogP contribution >= 0.6 is 0 Å². The molecule has 1 aliphatic heterocycles. The molecular weight excluding hydrogens is 368 g/mol. The number of carboxylic acids is 2. The Morgan fingerprint density at radius 3 is 2.34 bits per heavy atom. The Morgan fingerprint density at radius 2 is 1.69 bits per heavy atom. The largest absolute Gasteiger partial charge is 0.480 e. The van der Waals surface area contributed by atoms with Gasteiger partial charge in [0.05, 0.1) is 5.56 Å². The van der Waals surface area contributed by atoms with Crippen molar-refractivity contribution in [2.24, 2.45) is 0 Å². The van der Waals surface area contributed by atoms with Crippen molar-refractivity contribution in [3.63, 3.8) is 0 Å². The minimum atomic E-state index is -0.994. The Morgan fingerprint density at radius 1 is 0.966 bits per heavy atom. The summed E-state index contributed by atoms with van der Waals surface area (Å²) in [5.74, 6) is -1.86. The third kappa shape index (κ3) is 3.89. The first-order valence-electron chi connectivity index (χ1n) is 9.91. The molecule has 2 N–H and O–H groups in total. The Bertz CT molecular complexity index is 1040. The lowest BCUT2D eigenvalue weighted by Gasteiger charge is -2.31. The van der Waals surface area contributed by atoms with Crippen LogP contribution in [-0.4, -0.2) is 44.7 Å². The average molecular weight is 392 g/mol. The standard InChI is InChI=1S/C23H24N2O4/c26-22(27)17-9-10-18-19(21(23(28)29)24-11-5-2-6-12-24)15-25(20(18)13-17)14-16-7-3-1-4-8-16/h1,3-4,7-10,13,15,21H,2,5-6,11-12,14H2,(H,26,27)(H,28,29). The molecule has 0 bridgehead atoms. The molecule has 4 rings (SSSR count). The summed E-state index contributed by atoms with van der Waals surface area (Å²) in [6.45, 7) is 2.07. The summed E-state index contributed by atoms with van der Waals surface area (Å²) in [5, 5.41) is 20.3. The van der Waals surface area contributed by atoms with Crippen LogP contribution < -0.4 is 0 Å². The Balaban J connectivity index is 1.84. The predicted molar refractivity (Wildman–Crippen MR) is 110 cm³/mol. The Labute approximate surface area is 169 Å². The van der Waals surface area contributed by atoms with E-state index >= 15 is 0 Å². The fourth-order valence-corrected chi connectivity index (χ4v) is 4.24. The second-order valence-corrected chi connectivity index (χ2v) is 7.57. The molecule has 0 spiro atoms. The second kappa shape index (κ2) is 8.09.